The first-order valence-corrected chi connectivity index (χ1v) is 13.1. The highest BCUT2D eigenvalue weighted by molar-refractivity contribution is 9.10. The molecule has 0 bridgehead atoms. The monoisotopic (exact) mass is 591 g/mol. The van der Waals surface area contributed by atoms with Crippen LogP contribution < -0.4 is 15.6 Å². The second-order valence-electron chi connectivity index (χ2n) is 8.76. The molecule has 10 nitrogen and oxygen atoms in total. The van der Waals surface area contributed by atoms with Crippen LogP contribution in [0.4, 0.5) is 11.4 Å². The van der Waals surface area contributed by atoms with Gasteiger partial charge in [-0.05, 0) is 49.2 Å². The molecule has 0 unspecified atom stereocenters. The van der Waals surface area contributed by atoms with Gasteiger partial charge in [-0.15, -0.1) is 0 Å². The lowest BCUT2D eigenvalue weighted by Crippen LogP contribution is -2.23. The quantitative estimate of drug-likeness (QED) is 0.145. The Bertz CT molecular complexity index is 1630. The lowest BCUT2D eigenvalue weighted by molar-refractivity contribution is -0.385. The Morgan fingerprint density at radius 2 is 2.00 bits per heavy atom. The molecule has 0 atom stereocenters. The standard InChI is InChI=1S/C28H26BrN5O5/c1-3-4-12-25-31-23-14-13-20(29)15-21(23)28(36)33(25)30-16-19-9-7-11-24(34(37)38)27(19)39-17-26(35)32-22-10-6-5-8-18(22)2/h5-11,13-16H,3-4,12,17H2,1-2H3,(H,32,35). The minimum absolute atomic E-state index is 0.133. The summed E-state index contributed by atoms with van der Waals surface area (Å²) in [5.41, 5.74) is 1.57. The second kappa shape index (κ2) is 12.4. The summed E-state index contributed by atoms with van der Waals surface area (Å²) in [6, 6.07) is 16.8. The number of unbranched alkanes of at least 4 members (excludes halogenated alkanes) is 1. The molecule has 0 saturated heterocycles. The first-order valence-electron chi connectivity index (χ1n) is 12.3. The number of para-hydroxylation sites is 2. The van der Waals surface area contributed by atoms with E-state index in [0.717, 1.165) is 22.9 Å². The third kappa shape index (κ3) is 6.55. The van der Waals surface area contributed by atoms with E-state index in [1.165, 1.54) is 23.0 Å². The molecule has 0 radical (unpaired) electrons. The molecule has 0 fully saturated rings. The van der Waals surface area contributed by atoms with Gasteiger partial charge in [-0.3, -0.25) is 19.7 Å². The summed E-state index contributed by atoms with van der Waals surface area (Å²) in [5.74, 6) is -0.142. The number of aryl methyl sites for hydroxylation is 2. The molecule has 1 heterocycles. The van der Waals surface area contributed by atoms with Crippen molar-refractivity contribution in [2.45, 2.75) is 33.1 Å². The average Bonchev–Trinajstić information content (AvgIpc) is 2.92. The number of hydrogen-bond acceptors (Lipinski definition) is 7. The largest absolute Gasteiger partial charge is 0.476 e. The van der Waals surface area contributed by atoms with Crippen LogP contribution in [0.5, 0.6) is 5.75 Å². The summed E-state index contributed by atoms with van der Waals surface area (Å²) >= 11 is 3.38. The smallest absolute Gasteiger partial charge is 0.311 e. The number of carbonyl (C=O) groups is 1. The molecule has 0 spiro atoms. The zero-order valence-electron chi connectivity index (χ0n) is 21.4. The van der Waals surface area contributed by atoms with Crippen molar-refractivity contribution in [2.24, 2.45) is 5.10 Å². The van der Waals surface area contributed by atoms with Crippen LogP contribution in [-0.2, 0) is 11.2 Å². The summed E-state index contributed by atoms with van der Waals surface area (Å²) in [4.78, 5) is 41.7. The summed E-state index contributed by atoms with van der Waals surface area (Å²) in [6.45, 7) is 3.42. The van der Waals surface area contributed by atoms with E-state index in [1.807, 2.05) is 32.0 Å². The van der Waals surface area contributed by atoms with Crippen LogP contribution in [0.1, 0.15) is 36.7 Å². The van der Waals surface area contributed by atoms with Gasteiger partial charge in [0.05, 0.1) is 22.0 Å². The molecule has 1 aromatic heterocycles. The van der Waals surface area contributed by atoms with Crippen LogP contribution in [0.25, 0.3) is 10.9 Å². The van der Waals surface area contributed by atoms with Crippen molar-refractivity contribution in [3.8, 4) is 5.75 Å². The zero-order valence-corrected chi connectivity index (χ0v) is 23.0. The zero-order chi connectivity index (χ0) is 27.9. The van der Waals surface area contributed by atoms with Gasteiger partial charge >= 0.3 is 5.69 Å². The normalized spacial score (nSPS) is 11.2. The van der Waals surface area contributed by atoms with Crippen molar-refractivity contribution in [3.05, 3.63) is 103 Å². The summed E-state index contributed by atoms with van der Waals surface area (Å²) in [5, 5.41) is 19.2. The summed E-state index contributed by atoms with van der Waals surface area (Å²) in [6.07, 6.45) is 3.52. The van der Waals surface area contributed by atoms with Crippen LogP contribution in [0.2, 0.25) is 0 Å². The fraction of sp³-hybridized carbons (Fsp3) is 0.214. The minimum Gasteiger partial charge on any atom is -0.476 e. The van der Waals surface area contributed by atoms with Gasteiger partial charge in [0, 0.05) is 28.2 Å². The summed E-state index contributed by atoms with van der Waals surface area (Å²) in [7, 11) is 0. The molecule has 4 aromatic rings. The third-order valence-electron chi connectivity index (χ3n) is 5.93. The predicted molar refractivity (Wildman–Crippen MR) is 154 cm³/mol. The number of carbonyl (C=O) groups excluding carboxylic acids is 1. The van der Waals surface area contributed by atoms with Gasteiger partial charge in [0.15, 0.2) is 6.61 Å². The molecular formula is C28H26BrN5O5. The topological polar surface area (TPSA) is 129 Å². The fourth-order valence-corrected chi connectivity index (χ4v) is 4.27. The first-order chi connectivity index (χ1) is 18.8. The highest BCUT2D eigenvalue weighted by Gasteiger charge is 2.20. The number of hydrogen-bond donors (Lipinski definition) is 1. The molecule has 3 aromatic carbocycles. The molecule has 0 aliphatic carbocycles. The van der Waals surface area contributed by atoms with Gasteiger partial charge in [0.2, 0.25) is 5.75 Å². The maximum Gasteiger partial charge on any atom is 0.311 e. The number of amides is 1. The van der Waals surface area contributed by atoms with Crippen LogP contribution in [0.3, 0.4) is 0 Å². The van der Waals surface area contributed by atoms with Gasteiger partial charge in [-0.1, -0.05) is 53.5 Å². The van der Waals surface area contributed by atoms with Gasteiger partial charge in [-0.25, -0.2) is 4.98 Å². The highest BCUT2D eigenvalue weighted by Crippen LogP contribution is 2.30. The molecular weight excluding hydrogens is 566 g/mol. The van der Waals surface area contributed by atoms with Crippen LogP contribution in [0, 0.1) is 17.0 Å². The summed E-state index contributed by atoms with van der Waals surface area (Å²) < 4.78 is 7.58. The molecule has 0 saturated carbocycles. The van der Waals surface area contributed by atoms with Gasteiger partial charge < -0.3 is 10.1 Å². The van der Waals surface area contributed by atoms with Crippen LogP contribution in [-0.4, -0.2) is 33.3 Å². The van der Waals surface area contributed by atoms with E-state index in [4.69, 9.17) is 4.74 Å². The maximum absolute atomic E-state index is 13.4. The van der Waals surface area contributed by atoms with E-state index in [2.05, 4.69) is 31.3 Å². The Hall–Kier alpha value is -4.38. The molecule has 200 valence electrons. The average molecular weight is 592 g/mol. The van der Waals surface area contributed by atoms with Crippen molar-refractivity contribution in [3.63, 3.8) is 0 Å². The number of anilines is 1. The maximum atomic E-state index is 13.4. The SMILES string of the molecule is CCCCc1nc2ccc(Br)cc2c(=O)n1N=Cc1cccc([N+](=O)[O-])c1OCC(=O)Nc1ccccc1C. The Labute approximate surface area is 232 Å². The van der Waals surface area contributed by atoms with Gasteiger partial charge in [-0.2, -0.15) is 9.78 Å². The number of nitrogens with one attached hydrogen (secondary N) is 1. The minimum atomic E-state index is -0.597. The number of rotatable bonds is 10. The van der Waals surface area contributed by atoms with Gasteiger partial charge in [0.25, 0.3) is 11.5 Å². The number of ether oxygens (including phenoxy) is 1. The van der Waals surface area contributed by atoms with E-state index in [9.17, 15) is 19.7 Å². The van der Waals surface area contributed by atoms with E-state index >= 15 is 0 Å². The third-order valence-corrected chi connectivity index (χ3v) is 6.42. The van der Waals surface area contributed by atoms with Crippen molar-refractivity contribution in [1.29, 1.82) is 0 Å². The molecule has 0 aliphatic heterocycles. The number of benzene rings is 3. The van der Waals surface area contributed by atoms with Crippen LogP contribution in [0.15, 0.2) is 75.0 Å². The lowest BCUT2D eigenvalue weighted by atomic mass is 10.2. The van der Waals surface area contributed by atoms with Crippen molar-refractivity contribution in [2.75, 3.05) is 11.9 Å². The Morgan fingerprint density at radius 1 is 1.21 bits per heavy atom. The van der Waals surface area contributed by atoms with Gasteiger partial charge in [0.1, 0.15) is 5.82 Å². The molecule has 4 rings (SSSR count). The fourth-order valence-electron chi connectivity index (χ4n) is 3.91. The Kier molecular flexibility index (Phi) is 8.82. The van der Waals surface area contributed by atoms with E-state index in [1.54, 1.807) is 30.3 Å². The highest BCUT2D eigenvalue weighted by atomic mass is 79.9. The number of halogens is 1. The number of nitro groups is 1. The van der Waals surface area contributed by atoms with E-state index in [0.29, 0.717) is 28.8 Å². The molecule has 0 aliphatic rings. The van der Waals surface area contributed by atoms with Crippen molar-refractivity contribution in [1.82, 2.24) is 9.66 Å². The lowest BCUT2D eigenvalue weighted by Gasteiger charge is -2.12. The van der Waals surface area contributed by atoms with E-state index in [-0.39, 0.29) is 22.6 Å². The number of nitrogens with zero attached hydrogens (tertiary/aromatic N) is 4. The van der Waals surface area contributed by atoms with E-state index < -0.39 is 17.4 Å². The molecule has 1 N–H and O–H groups in total. The molecule has 39 heavy (non-hydrogen) atoms. The Morgan fingerprint density at radius 3 is 2.74 bits per heavy atom. The molecule has 11 heteroatoms. The Balaban J connectivity index is 1.69. The predicted octanol–water partition coefficient (Wildman–Crippen LogP) is 5.62. The molecule has 1 amide bonds. The van der Waals surface area contributed by atoms with Crippen molar-refractivity contribution >= 4 is 50.3 Å². The number of nitro benzene ring substituents is 1. The van der Waals surface area contributed by atoms with Crippen LogP contribution >= 0.6 is 15.9 Å². The second-order valence-corrected chi connectivity index (χ2v) is 9.67. The van der Waals surface area contributed by atoms with Crippen molar-refractivity contribution < 1.29 is 14.5 Å². The first kappa shape index (κ1) is 27.6. The number of fused-ring (bicyclic) bond motifs is 1. The number of aromatic nitrogens is 2.